The van der Waals surface area contributed by atoms with E-state index in [-0.39, 0.29) is 12.6 Å². The minimum atomic E-state index is -0.00566. The van der Waals surface area contributed by atoms with Crippen molar-refractivity contribution in [2.45, 2.75) is 39.8 Å². The molecule has 136 valence electrons. The van der Waals surface area contributed by atoms with Crippen LogP contribution in [0.15, 0.2) is 18.2 Å². The van der Waals surface area contributed by atoms with E-state index >= 15 is 0 Å². The molecule has 5 nitrogen and oxygen atoms in total. The van der Waals surface area contributed by atoms with Gasteiger partial charge in [0.2, 0.25) is 0 Å². The summed E-state index contributed by atoms with van der Waals surface area (Å²) in [6.45, 7) is 13.8. The standard InChI is InChI=1S/C19H32N2O3/c1-5-20-10-11-21(15(4)13-20)17(14-22)16-8-9-18(23-6-2)19(12-16)24-7-3/h8-9,12,15,17,22H,5-7,10-11,13-14H2,1-4H3. The molecule has 2 rings (SSSR count). The van der Waals surface area contributed by atoms with Crippen LogP contribution in [-0.2, 0) is 0 Å². The third-order valence-corrected chi connectivity index (χ3v) is 4.74. The predicted octanol–water partition coefficient (Wildman–Crippen LogP) is 2.54. The fourth-order valence-corrected chi connectivity index (χ4v) is 3.47. The summed E-state index contributed by atoms with van der Waals surface area (Å²) in [5.41, 5.74) is 1.08. The van der Waals surface area contributed by atoms with E-state index in [0.29, 0.717) is 19.3 Å². The largest absolute Gasteiger partial charge is 0.490 e. The summed E-state index contributed by atoms with van der Waals surface area (Å²) in [6, 6.07) is 6.44. The molecule has 1 N–H and O–H groups in total. The van der Waals surface area contributed by atoms with Crippen molar-refractivity contribution in [1.82, 2.24) is 9.80 Å². The van der Waals surface area contributed by atoms with E-state index in [4.69, 9.17) is 9.47 Å². The molecule has 1 aromatic carbocycles. The average molecular weight is 336 g/mol. The van der Waals surface area contributed by atoms with Gasteiger partial charge in [0.1, 0.15) is 0 Å². The third kappa shape index (κ3) is 4.41. The summed E-state index contributed by atoms with van der Waals surface area (Å²) in [7, 11) is 0. The van der Waals surface area contributed by atoms with Crippen molar-refractivity contribution in [3.63, 3.8) is 0 Å². The van der Waals surface area contributed by atoms with Crippen molar-refractivity contribution in [2.75, 3.05) is 46.0 Å². The quantitative estimate of drug-likeness (QED) is 0.790. The Bertz CT molecular complexity index is 509. The van der Waals surface area contributed by atoms with Gasteiger partial charge in [-0.25, -0.2) is 0 Å². The number of nitrogens with zero attached hydrogens (tertiary/aromatic N) is 2. The Hall–Kier alpha value is -1.30. The number of hydrogen-bond acceptors (Lipinski definition) is 5. The molecule has 2 atom stereocenters. The van der Waals surface area contributed by atoms with E-state index in [0.717, 1.165) is 43.2 Å². The smallest absolute Gasteiger partial charge is 0.161 e. The molecule has 0 amide bonds. The second kappa shape index (κ2) is 9.25. The maximum absolute atomic E-state index is 10.0. The van der Waals surface area contributed by atoms with Crippen molar-refractivity contribution in [3.8, 4) is 11.5 Å². The van der Waals surface area contributed by atoms with E-state index in [1.165, 1.54) is 0 Å². The first-order valence-corrected chi connectivity index (χ1v) is 9.13. The third-order valence-electron chi connectivity index (χ3n) is 4.74. The van der Waals surface area contributed by atoms with Crippen LogP contribution in [0, 0.1) is 0 Å². The Kier molecular flexibility index (Phi) is 7.34. The Morgan fingerprint density at radius 1 is 1.12 bits per heavy atom. The number of ether oxygens (including phenoxy) is 2. The molecule has 1 heterocycles. The van der Waals surface area contributed by atoms with Gasteiger partial charge in [-0.1, -0.05) is 13.0 Å². The first-order valence-electron chi connectivity index (χ1n) is 9.13. The summed E-state index contributed by atoms with van der Waals surface area (Å²) in [5.74, 6) is 1.53. The van der Waals surface area contributed by atoms with E-state index in [1.807, 2.05) is 32.0 Å². The summed E-state index contributed by atoms with van der Waals surface area (Å²) < 4.78 is 11.4. The second-order valence-corrected chi connectivity index (χ2v) is 6.25. The number of piperazine rings is 1. The minimum Gasteiger partial charge on any atom is -0.490 e. The Morgan fingerprint density at radius 2 is 1.83 bits per heavy atom. The Morgan fingerprint density at radius 3 is 2.42 bits per heavy atom. The molecular weight excluding hydrogens is 304 g/mol. The van der Waals surface area contributed by atoms with Crippen LogP contribution < -0.4 is 9.47 Å². The van der Waals surface area contributed by atoms with Gasteiger partial charge in [-0.15, -0.1) is 0 Å². The van der Waals surface area contributed by atoms with E-state index in [2.05, 4.69) is 23.6 Å². The summed E-state index contributed by atoms with van der Waals surface area (Å²) in [5, 5.41) is 10.0. The van der Waals surface area contributed by atoms with Gasteiger partial charge in [0.05, 0.1) is 25.9 Å². The molecule has 5 heteroatoms. The zero-order valence-corrected chi connectivity index (χ0v) is 15.5. The van der Waals surface area contributed by atoms with E-state index in [1.54, 1.807) is 0 Å². The van der Waals surface area contributed by atoms with Crippen LogP contribution in [0.3, 0.4) is 0 Å². The lowest BCUT2D eigenvalue weighted by atomic mass is 10.0. The highest BCUT2D eigenvalue weighted by molar-refractivity contribution is 5.44. The average Bonchev–Trinajstić information content (AvgIpc) is 2.59. The van der Waals surface area contributed by atoms with Crippen molar-refractivity contribution in [2.24, 2.45) is 0 Å². The fraction of sp³-hybridized carbons (Fsp3) is 0.684. The first kappa shape index (κ1) is 19.0. The van der Waals surface area contributed by atoms with E-state index < -0.39 is 0 Å². The molecule has 1 aromatic rings. The molecule has 1 aliphatic rings. The molecule has 2 unspecified atom stereocenters. The van der Waals surface area contributed by atoms with Crippen molar-refractivity contribution < 1.29 is 14.6 Å². The normalized spacial score (nSPS) is 20.8. The lowest BCUT2D eigenvalue weighted by Crippen LogP contribution is -2.53. The van der Waals surface area contributed by atoms with Crippen LogP contribution in [0.4, 0.5) is 0 Å². The minimum absolute atomic E-state index is 0.00566. The molecule has 24 heavy (non-hydrogen) atoms. The molecule has 0 saturated carbocycles. The number of aliphatic hydroxyl groups is 1. The molecule has 0 radical (unpaired) electrons. The van der Waals surface area contributed by atoms with Gasteiger partial charge in [-0.3, -0.25) is 4.90 Å². The van der Waals surface area contributed by atoms with Gasteiger partial charge >= 0.3 is 0 Å². The number of aliphatic hydroxyl groups excluding tert-OH is 1. The van der Waals surface area contributed by atoms with Crippen LogP contribution >= 0.6 is 0 Å². The SMILES string of the molecule is CCOc1ccc(C(CO)N2CCN(CC)CC2C)cc1OCC. The molecule has 1 aliphatic heterocycles. The van der Waals surface area contributed by atoms with Crippen molar-refractivity contribution in [3.05, 3.63) is 23.8 Å². The van der Waals surface area contributed by atoms with Crippen LogP contribution in [0.25, 0.3) is 0 Å². The van der Waals surface area contributed by atoms with Crippen LogP contribution in [-0.4, -0.2) is 66.9 Å². The highest BCUT2D eigenvalue weighted by Crippen LogP contribution is 2.33. The molecule has 1 fully saturated rings. The first-order chi connectivity index (χ1) is 11.6. The highest BCUT2D eigenvalue weighted by atomic mass is 16.5. The topological polar surface area (TPSA) is 45.2 Å². The maximum atomic E-state index is 10.0. The monoisotopic (exact) mass is 336 g/mol. The lowest BCUT2D eigenvalue weighted by molar-refractivity contribution is 0.0270. The predicted molar refractivity (Wildman–Crippen MR) is 96.9 cm³/mol. The number of hydrogen-bond donors (Lipinski definition) is 1. The van der Waals surface area contributed by atoms with Crippen molar-refractivity contribution >= 4 is 0 Å². The lowest BCUT2D eigenvalue weighted by Gasteiger charge is -2.43. The molecule has 0 aliphatic carbocycles. The molecule has 0 bridgehead atoms. The van der Waals surface area contributed by atoms with Crippen molar-refractivity contribution in [1.29, 1.82) is 0 Å². The maximum Gasteiger partial charge on any atom is 0.161 e. The number of likely N-dealkylation sites (N-methyl/N-ethyl adjacent to an activating group) is 1. The summed E-state index contributed by atoms with van der Waals surface area (Å²) in [4.78, 5) is 4.86. The number of benzene rings is 1. The van der Waals surface area contributed by atoms with Crippen LogP contribution in [0.1, 0.15) is 39.3 Å². The second-order valence-electron chi connectivity index (χ2n) is 6.25. The molecule has 0 aromatic heterocycles. The van der Waals surface area contributed by atoms with Gasteiger partial charge in [-0.2, -0.15) is 0 Å². The van der Waals surface area contributed by atoms with Gasteiger partial charge in [0.15, 0.2) is 11.5 Å². The Balaban J connectivity index is 2.22. The Labute approximate surface area is 146 Å². The molecule has 1 saturated heterocycles. The molecule has 0 spiro atoms. The van der Waals surface area contributed by atoms with Gasteiger partial charge in [-0.05, 0) is 45.0 Å². The van der Waals surface area contributed by atoms with Crippen LogP contribution in [0.5, 0.6) is 11.5 Å². The summed E-state index contributed by atoms with van der Waals surface area (Å²) in [6.07, 6.45) is 0. The van der Waals surface area contributed by atoms with E-state index in [9.17, 15) is 5.11 Å². The zero-order valence-electron chi connectivity index (χ0n) is 15.5. The van der Waals surface area contributed by atoms with Gasteiger partial charge < -0.3 is 19.5 Å². The summed E-state index contributed by atoms with van der Waals surface area (Å²) >= 11 is 0. The molecular formula is C19H32N2O3. The van der Waals surface area contributed by atoms with Gasteiger partial charge in [0.25, 0.3) is 0 Å². The highest BCUT2D eigenvalue weighted by Gasteiger charge is 2.29. The fourth-order valence-electron chi connectivity index (χ4n) is 3.47. The zero-order chi connectivity index (χ0) is 17.5. The number of rotatable bonds is 8. The van der Waals surface area contributed by atoms with Gasteiger partial charge in [0, 0.05) is 25.7 Å². The van der Waals surface area contributed by atoms with Crippen LogP contribution in [0.2, 0.25) is 0 Å².